The summed E-state index contributed by atoms with van der Waals surface area (Å²) < 4.78 is 7.97. The van der Waals surface area contributed by atoms with Crippen LogP contribution in [0.1, 0.15) is 67.8 Å². The molecule has 1 aliphatic carbocycles. The van der Waals surface area contributed by atoms with Crippen LogP contribution >= 0.6 is 0 Å². The topological polar surface area (TPSA) is 158 Å². The summed E-state index contributed by atoms with van der Waals surface area (Å²) in [5, 5.41) is 10.8. The first-order valence-electron chi connectivity index (χ1n) is 21.6. The first kappa shape index (κ1) is 39.6. The third kappa shape index (κ3) is 8.17. The van der Waals surface area contributed by atoms with Crippen LogP contribution < -0.4 is 30.9 Å². The number of benzene rings is 3. The lowest BCUT2D eigenvalue weighted by Gasteiger charge is -2.45. The van der Waals surface area contributed by atoms with Gasteiger partial charge in [0.2, 0.25) is 11.8 Å². The molecule has 9 rings (SSSR count). The molecular weight excluding hydrogens is 759 g/mol. The van der Waals surface area contributed by atoms with Crippen LogP contribution in [0.3, 0.4) is 0 Å². The molecule has 60 heavy (non-hydrogen) atoms. The normalized spacial score (nSPS) is 22.5. The van der Waals surface area contributed by atoms with E-state index in [1.165, 1.54) is 0 Å². The van der Waals surface area contributed by atoms with Gasteiger partial charge in [-0.3, -0.25) is 24.6 Å². The number of primary amides is 1. The third-order valence-corrected chi connectivity index (χ3v) is 13.5. The number of anilines is 3. The standard InChI is InChI=1S/C46H55N9O5/c1-51(29-30-16-22-52(23-17-30)34-9-11-35(12-10-34)54-26-20-40(56)49-46(54)59)36-27-33(28-36)45(58)53-24-18-31(19-25-53)39-15-21-48-44-41(43(47)57)42(50-55(39)44)32-7-13-38(14-8-32)60-37-5-3-2-4-6-37/h2-14,30-31,33,36,39,48H,15-29H2,1H3,(H2,47,57)(H,49,56,59)/t33?,36?,39-/m0/s1. The van der Waals surface area contributed by atoms with Crippen molar-refractivity contribution in [3.8, 4) is 22.8 Å². The summed E-state index contributed by atoms with van der Waals surface area (Å²) >= 11 is 0. The van der Waals surface area contributed by atoms with Crippen LogP contribution in [0.4, 0.5) is 22.0 Å². The molecule has 1 atom stereocenters. The molecule has 14 heteroatoms. The lowest BCUT2D eigenvalue weighted by Crippen LogP contribution is -2.52. The molecule has 5 heterocycles. The number of nitrogens with zero attached hydrogens (tertiary/aromatic N) is 6. The minimum Gasteiger partial charge on any atom is -0.457 e. The van der Waals surface area contributed by atoms with Crippen LogP contribution in [0.5, 0.6) is 11.5 Å². The number of rotatable bonds is 11. The first-order valence-corrected chi connectivity index (χ1v) is 21.6. The van der Waals surface area contributed by atoms with Crippen molar-refractivity contribution >= 4 is 40.9 Å². The fraction of sp³-hybridized carbons (Fsp3) is 0.457. The number of ether oxygens (including phenoxy) is 1. The second kappa shape index (κ2) is 17.0. The van der Waals surface area contributed by atoms with Crippen LogP contribution in [-0.2, 0) is 9.59 Å². The highest BCUT2D eigenvalue weighted by Gasteiger charge is 2.42. The Morgan fingerprint density at radius 1 is 0.833 bits per heavy atom. The fourth-order valence-electron chi connectivity index (χ4n) is 9.98. The Balaban J connectivity index is 0.735. The van der Waals surface area contributed by atoms with E-state index in [-0.39, 0.29) is 23.9 Å². The molecule has 1 aromatic heterocycles. The number of nitrogens with two attached hydrogens (primary N) is 1. The Morgan fingerprint density at radius 2 is 1.52 bits per heavy atom. The SMILES string of the molecule is CN(CC1CCN(c2ccc(N3CCC(=O)NC3=O)cc2)CC1)C1CC(C(=O)N2CCC([C@@H]3CCNc4c(C(N)=O)c(-c5ccc(Oc6ccccc6)cc5)nn43)CC2)C1. The Morgan fingerprint density at radius 3 is 2.20 bits per heavy atom. The van der Waals surface area contributed by atoms with Crippen molar-refractivity contribution in [3.05, 3.63) is 84.4 Å². The predicted octanol–water partition coefficient (Wildman–Crippen LogP) is 6.11. The Hall–Kier alpha value is -5.89. The molecule has 0 spiro atoms. The summed E-state index contributed by atoms with van der Waals surface area (Å²) in [6.45, 7) is 5.65. The zero-order valence-electron chi connectivity index (χ0n) is 34.3. The van der Waals surface area contributed by atoms with Gasteiger partial charge < -0.3 is 30.5 Å². The number of hydrogen-bond donors (Lipinski definition) is 3. The number of piperidine rings is 2. The second-order valence-electron chi connectivity index (χ2n) is 17.2. The minimum atomic E-state index is -0.509. The zero-order chi connectivity index (χ0) is 41.3. The van der Waals surface area contributed by atoms with E-state index in [2.05, 4.69) is 44.5 Å². The van der Waals surface area contributed by atoms with Gasteiger partial charge in [0.1, 0.15) is 28.6 Å². The van der Waals surface area contributed by atoms with Gasteiger partial charge in [-0.1, -0.05) is 18.2 Å². The van der Waals surface area contributed by atoms with Gasteiger partial charge in [0.05, 0.1) is 6.04 Å². The summed E-state index contributed by atoms with van der Waals surface area (Å²) in [5.74, 6) is 2.75. The molecule has 4 aliphatic heterocycles. The molecule has 4 fully saturated rings. The van der Waals surface area contributed by atoms with E-state index in [1.807, 2.05) is 71.4 Å². The molecule has 3 saturated heterocycles. The van der Waals surface area contributed by atoms with Gasteiger partial charge in [-0.25, -0.2) is 9.48 Å². The highest BCUT2D eigenvalue weighted by Crippen LogP contribution is 2.41. The fourth-order valence-corrected chi connectivity index (χ4v) is 9.98. The average molecular weight is 814 g/mol. The molecule has 0 bridgehead atoms. The number of urea groups is 1. The number of carbonyl (C=O) groups is 4. The maximum Gasteiger partial charge on any atom is 0.328 e. The van der Waals surface area contributed by atoms with E-state index >= 15 is 0 Å². The average Bonchev–Trinajstić information content (AvgIpc) is 3.65. The lowest BCUT2D eigenvalue weighted by atomic mass is 9.77. The van der Waals surface area contributed by atoms with Crippen LogP contribution in [0.2, 0.25) is 0 Å². The summed E-state index contributed by atoms with van der Waals surface area (Å²) in [6.07, 6.45) is 7.09. The summed E-state index contributed by atoms with van der Waals surface area (Å²) in [6, 6.07) is 25.5. The van der Waals surface area contributed by atoms with Crippen LogP contribution in [0.15, 0.2) is 78.9 Å². The molecular formula is C46H55N9O5. The highest BCUT2D eigenvalue weighted by molar-refractivity contribution is 6.05. The van der Waals surface area contributed by atoms with Crippen molar-refractivity contribution in [3.63, 3.8) is 0 Å². The maximum absolute atomic E-state index is 13.7. The number of nitrogens with one attached hydrogen (secondary N) is 2. The van der Waals surface area contributed by atoms with E-state index in [0.29, 0.717) is 59.6 Å². The number of carbonyl (C=O) groups excluding carboxylic acids is 4. The van der Waals surface area contributed by atoms with Gasteiger partial charge in [0.15, 0.2) is 0 Å². The van der Waals surface area contributed by atoms with E-state index in [0.717, 1.165) is 107 Å². The summed E-state index contributed by atoms with van der Waals surface area (Å²) in [7, 11) is 2.22. The largest absolute Gasteiger partial charge is 0.457 e. The van der Waals surface area contributed by atoms with Gasteiger partial charge in [-0.05, 0) is 124 Å². The number of likely N-dealkylation sites (tertiary alicyclic amines) is 1. The number of imide groups is 1. The van der Waals surface area contributed by atoms with Gasteiger partial charge in [-0.2, -0.15) is 5.10 Å². The van der Waals surface area contributed by atoms with Crippen LogP contribution in [0.25, 0.3) is 11.3 Å². The van der Waals surface area contributed by atoms with Gasteiger partial charge in [0, 0.05) is 81.1 Å². The van der Waals surface area contributed by atoms with Crippen molar-refractivity contribution in [1.82, 2.24) is 24.9 Å². The Labute approximate surface area is 351 Å². The number of para-hydroxylation sites is 1. The summed E-state index contributed by atoms with van der Waals surface area (Å²) in [5.41, 5.74) is 9.72. The molecule has 5 aliphatic rings. The van der Waals surface area contributed by atoms with Gasteiger partial charge >= 0.3 is 6.03 Å². The molecule has 3 aromatic carbocycles. The van der Waals surface area contributed by atoms with Crippen molar-refractivity contribution in [2.45, 2.75) is 63.5 Å². The lowest BCUT2D eigenvalue weighted by molar-refractivity contribution is -0.142. The van der Waals surface area contributed by atoms with Crippen molar-refractivity contribution < 1.29 is 23.9 Å². The molecule has 0 radical (unpaired) electrons. The minimum absolute atomic E-state index is 0.0945. The molecule has 1 saturated carbocycles. The number of aromatic nitrogens is 2. The number of fused-ring (bicyclic) bond motifs is 1. The summed E-state index contributed by atoms with van der Waals surface area (Å²) in [4.78, 5) is 58.9. The van der Waals surface area contributed by atoms with Crippen molar-refractivity contribution in [2.24, 2.45) is 23.5 Å². The molecule has 14 nitrogen and oxygen atoms in total. The third-order valence-electron chi connectivity index (χ3n) is 13.5. The second-order valence-corrected chi connectivity index (χ2v) is 17.2. The van der Waals surface area contributed by atoms with Crippen molar-refractivity contribution in [1.29, 1.82) is 0 Å². The van der Waals surface area contributed by atoms with E-state index < -0.39 is 5.91 Å². The zero-order valence-corrected chi connectivity index (χ0v) is 34.3. The van der Waals surface area contributed by atoms with Gasteiger partial charge in [-0.15, -0.1) is 0 Å². The molecule has 0 unspecified atom stereocenters. The maximum atomic E-state index is 13.7. The smallest absolute Gasteiger partial charge is 0.328 e. The number of amides is 5. The Bertz CT molecular complexity index is 2190. The molecule has 5 amide bonds. The molecule has 4 N–H and O–H groups in total. The first-order chi connectivity index (χ1) is 29.2. The molecule has 4 aromatic rings. The van der Waals surface area contributed by atoms with E-state index in [4.69, 9.17) is 15.6 Å². The van der Waals surface area contributed by atoms with E-state index in [9.17, 15) is 19.2 Å². The molecule has 314 valence electrons. The predicted molar refractivity (Wildman–Crippen MR) is 230 cm³/mol. The number of hydrogen-bond acceptors (Lipinski definition) is 9. The Kier molecular flexibility index (Phi) is 11.2. The van der Waals surface area contributed by atoms with Crippen molar-refractivity contribution in [2.75, 3.05) is 68.0 Å². The van der Waals surface area contributed by atoms with Crippen LogP contribution in [0, 0.1) is 17.8 Å². The quantitative estimate of drug-likeness (QED) is 0.163. The highest BCUT2D eigenvalue weighted by atomic mass is 16.5. The van der Waals surface area contributed by atoms with Gasteiger partial charge in [0.25, 0.3) is 5.91 Å². The van der Waals surface area contributed by atoms with E-state index in [1.54, 1.807) is 4.90 Å². The monoisotopic (exact) mass is 813 g/mol. The van der Waals surface area contributed by atoms with Crippen LogP contribution in [-0.4, -0.2) is 102 Å².